The normalized spacial score (nSPS) is 11.6. The van der Waals surface area contributed by atoms with Gasteiger partial charge in [-0.15, -0.1) is 0 Å². The summed E-state index contributed by atoms with van der Waals surface area (Å²) in [5.41, 5.74) is 0.835. The standard InChI is InChI=1S/C11H11NO3S/c1-16(13,14)8-10-7-12-11(15-10)9-5-3-2-4-6-9/h2-7H,8H2,1H3. The second-order valence-electron chi connectivity index (χ2n) is 3.57. The van der Waals surface area contributed by atoms with Crippen LogP contribution in [0.5, 0.6) is 0 Å². The van der Waals surface area contributed by atoms with E-state index in [1.807, 2.05) is 30.3 Å². The number of rotatable bonds is 3. The Morgan fingerprint density at radius 3 is 2.56 bits per heavy atom. The Hall–Kier alpha value is -1.62. The summed E-state index contributed by atoms with van der Waals surface area (Å²) in [6.07, 6.45) is 2.61. The third-order valence-corrected chi connectivity index (χ3v) is 2.79. The quantitative estimate of drug-likeness (QED) is 0.817. The summed E-state index contributed by atoms with van der Waals surface area (Å²) in [5, 5.41) is 0. The molecule has 0 aliphatic rings. The number of oxazole rings is 1. The van der Waals surface area contributed by atoms with Crippen molar-refractivity contribution in [2.24, 2.45) is 0 Å². The lowest BCUT2D eigenvalue weighted by atomic mass is 10.2. The highest BCUT2D eigenvalue weighted by molar-refractivity contribution is 7.89. The molecular weight excluding hydrogens is 226 g/mol. The molecule has 4 nitrogen and oxygen atoms in total. The maximum absolute atomic E-state index is 11.1. The van der Waals surface area contributed by atoms with Crippen molar-refractivity contribution in [3.05, 3.63) is 42.3 Å². The van der Waals surface area contributed by atoms with Crippen LogP contribution >= 0.6 is 0 Å². The predicted molar refractivity (Wildman–Crippen MR) is 60.5 cm³/mol. The maximum Gasteiger partial charge on any atom is 0.226 e. The van der Waals surface area contributed by atoms with Gasteiger partial charge in [-0.25, -0.2) is 13.4 Å². The van der Waals surface area contributed by atoms with E-state index >= 15 is 0 Å². The van der Waals surface area contributed by atoms with Crippen molar-refractivity contribution >= 4 is 9.84 Å². The number of sulfone groups is 1. The molecule has 0 unspecified atom stereocenters. The molecule has 0 radical (unpaired) electrons. The Labute approximate surface area is 93.9 Å². The molecule has 0 saturated carbocycles. The van der Waals surface area contributed by atoms with E-state index in [1.165, 1.54) is 6.20 Å². The molecular formula is C11H11NO3S. The minimum absolute atomic E-state index is 0.118. The first kappa shape index (κ1) is 10.9. The largest absolute Gasteiger partial charge is 0.440 e. The molecule has 5 heteroatoms. The molecule has 2 rings (SSSR count). The molecule has 0 saturated heterocycles. The van der Waals surface area contributed by atoms with E-state index in [4.69, 9.17) is 4.42 Å². The van der Waals surface area contributed by atoms with Crippen LogP contribution < -0.4 is 0 Å². The molecule has 1 aromatic carbocycles. The highest BCUT2D eigenvalue weighted by Crippen LogP contribution is 2.19. The number of hydrogen-bond donors (Lipinski definition) is 0. The van der Waals surface area contributed by atoms with E-state index in [0.717, 1.165) is 11.8 Å². The molecule has 0 atom stereocenters. The Morgan fingerprint density at radius 1 is 1.25 bits per heavy atom. The summed E-state index contributed by atoms with van der Waals surface area (Å²) in [6, 6.07) is 9.35. The molecule has 0 bridgehead atoms. The van der Waals surface area contributed by atoms with Gasteiger partial charge in [-0.1, -0.05) is 18.2 Å². The lowest BCUT2D eigenvalue weighted by Crippen LogP contribution is -1.98. The molecule has 0 fully saturated rings. The molecule has 0 amide bonds. The smallest absolute Gasteiger partial charge is 0.226 e. The van der Waals surface area contributed by atoms with Crippen LogP contribution in [0.2, 0.25) is 0 Å². The van der Waals surface area contributed by atoms with Crippen LogP contribution in [0.15, 0.2) is 40.9 Å². The van der Waals surface area contributed by atoms with Crippen molar-refractivity contribution in [3.8, 4) is 11.5 Å². The first-order valence-corrected chi connectivity index (χ1v) is 6.78. The number of benzene rings is 1. The van der Waals surface area contributed by atoms with Gasteiger partial charge < -0.3 is 4.42 Å². The Kier molecular flexibility index (Phi) is 2.78. The van der Waals surface area contributed by atoms with E-state index in [0.29, 0.717) is 11.7 Å². The maximum atomic E-state index is 11.1. The molecule has 0 N–H and O–H groups in total. The van der Waals surface area contributed by atoms with Crippen LogP contribution in [0.25, 0.3) is 11.5 Å². The number of nitrogens with zero attached hydrogens (tertiary/aromatic N) is 1. The fraction of sp³-hybridized carbons (Fsp3) is 0.182. The number of hydrogen-bond acceptors (Lipinski definition) is 4. The summed E-state index contributed by atoms with van der Waals surface area (Å²) < 4.78 is 27.5. The van der Waals surface area contributed by atoms with Crippen LogP contribution in [-0.2, 0) is 15.6 Å². The van der Waals surface area contributed by atoms with E-state index in [1.54, 1.807) is 0 Å². The van der Waals surface area contributed by atoms with Gasteiger partial charge in [0.05, 0.1) is 6.20 Å². The van der Waals surface area contributed by atoms with E-state index in [-0.39, 0.29) is 5.75 Å². The molecule has 0 aliphatic heterocycles. The van der Waals surface area contributed by atoms with Crippen LogP contribution in [0.1, 0.15) is 5.76 Å². The highest BCUT2D eigenvalue weighted by atomic mass is 32.2. The Balaban J connectivity index is 2.27. The highest BCUT2D eigenvalue weighted by Gasteiger charge is 2.11. The summed E-state index contributed by atoms with van der Waals surface area (Å²) in [4.78, 5) is 4.04. The molecule has 16 heavy (non-hydrogen) atoms. The second kappa shape index (κ2) is 4.09. The fourth-order valence-corrected chi connectivity index (χ4v) is 2.00. The second-order valence-corrected chi connectivity index (χ2v) is 5.71. The SMILES string of the molecule is CS(=O)(=O)Cc1cnc(-c2ccccc2)o1. The zero-order valence-electron chi connectivity index (χ0n) is 8.75. The van der Waals surface area contributed by atoms with Gasteiger partial charge >= 0.3 is 0 Å². The molecule has 1 heterocycles. The van der Waals surface area contributed by atoms with Crippen LogP contribution in [0, 0.1) is 0 Å². The van der Waals surface area contributed by atoms with Crippen molar-refractivity contribution in [2.75, 3.05) is 6.26 Å². The van der Waals surface area contributed by atoms with Crippen molar-refractivity contribution in [2.45, 2.75) is 5.75 Å². The lowest BCUT2D eigenvalue weighted by Gasteiger charge is -1.94. The van der Waals surface area contributed by atoms with Gasteiger partial charge in [-0.2, -0.15) is 0 Å². The summed E-state index contributed by atoms with van der Waals surface area (Å²) in [6.45, 7) is 0. The van der Waals surface area contributed by atoms with Crippen molar-refractivity contribution in [3.63, 3.8) is 0 Å². The molecule has 0 spiro atoms. The first-order valence-electron chi connectivity index (χ1n) is 4.72. The van der Waals surface area contributed by atoms with E-state index in [9.17, 15) is 8.42 Å². The van der Waals surface area contributed by atoms with Gasteiger partial charge in [-0.05, 0) is 12.1 Å². The minimum Gasteiger partial charge on any atom is -0.440 e. The molecule has 2 aromatic rings. The molecule has 0 aliphatic carbocycles. The lowest BCUT2D eigenvalue weighted by molar-refractivity contribution is 0.529. The fourth-order valence-electron chi connectivity index (χ4n) is 1.35. The summed E-state index contributed by atoms with van der Waals surface area (Å²) in [7, 11) is -3.08. The van der Waals surface area contributed by atoms with E-state index in [2.05, 4.69) is 4.98 Å². The summed E-state index contributed by atoms with van der Waals surface area (Å²) >= 11 is 0. The first-order chi connectivity index (χ1) is 7.54. The molecule has 1 aromatic heterocycles. The average Bonchev–Trinajstić information content (AvgIpc) is 2.65. The van der Waals surface area contributed by atoms with Gasteiger partial charge in [0, 0.05) is 11.8 Å². The third-order valence-electron chi connectivity index (χ3n) is 1.98. The predicted octanol–water partition coefficient (Wildman–Crippen LogP) is 1.89. The van der Waals surface area contributed by atoms with Gasteiger partial charge in [0.2, 0.25) is 5.89 Å². The topological polar surface area (TPSA) is 60.2 Å². The Bertz CT molecular complexity index is 572. The van der Waals surface area contributed by atoms with Gasteiger partial charge in [0.15, 0.2) is 9.84 Å². The van der Waals surface area contributed by atoms with Gasteiger partial charge in [0.1, 0.15) is 11.5 Å². The van der Waals surface area contributed by atoms with Crippen molar-refractivity contribution in [1.82, 2.24) is 4.98 Å². The van der Waals surface area contributed by atoms with Gasteiger partial charge in [0.25, 0.3) is 0 Å². The molecule has 84 valence electrons. The number of aromatic nitrogens is 1. The zero-order chi connectivity index (χ0) is 11.6. The van der Waals surface area contributed by atoms with Crippen LogP contribution in [0.4, 0.5) is 0 Å². The van der Waals surface area contributed by atoms with Crippen LogP contribution in [0.3, 0.4) is 0 Å². The van der Waals surface area contributed by atoms with Crippen molar-refractivity contribution in [1.29, 1.82) is 0 Å². The average molecular weight is 237 g/mol. The van der Waals surface area contributed by atoms with Gasteiger partial charge in [-0.3, -0.25) is 0 Å². The third kappa shape index (κ3) is 2.70. The Morgan fingerprint density at radius 2 is 1.94 bits per heavy atom. The minimum atomic E-state index is -3.08. The summed E-state index contributed by atoms with van der Waals surface area (Å²) in [5.74, 6) is 0.688. The van der Waals surface area contributed by atoms with Crippen LogP contribution in [-0.4, -0.2) is 19.7 Å². The monoisotopic (exact) mass is 237 g/mol. The van der Waals surface area contributed by atoms with E-state index < -0.39 is 9.84 Å². The zero-order valence-corrected chi connectivity index (χ0v) is 9.57. The van der Waals surface area contributed by atoms with Crippen molar-refractivity contribution < 1.29 is 12.8 Å².